The average Bonchev–Trinajstić information content (AvgIpc) is 2.65. The normalized spacial score (nSPS) is 11.6. The quantitative estimate of drug-likeness (QED) is 0.680. The number of ether oxygens (including phenoxy) is 1. The number of hydrogen-bond donors (Lipinski definition) is 2. The van der Waals surface area contributed by atoms with Gasteiger partial charge in [-0.25, -0.2) is 0 Å². The summed E-state index contributed by atoms with van der Waals surface area (Å²) in [4.78, 5) is 24.4. The van der Waals surface area contributed by atoms with Gasteiger partial charge in [0.2, 0.25) is 11.8 Å². The van der Waals surface area contributed by atoms with Crippen molar-refractivity contribution in [1.29, 1.82) is 0 Å². The van der Waals surface area contributed by atoms with Crippen LogP contribution in [0.4, 0.5) is 5.69 Å². The van der Waals surface area contributed by atoms with Gasteiger partial charge in [0.15, 0.2) is 0 Å². The van der Waals surface area contributed by atoms with Gasteiger partial charge in [0.1, 0.15) is 0 Å². The van der Waals surface area contributed by atoms with Crippen LogP contribution in [0.2, 0.25) is 0 Å². The van der Waals surface area contributed by atoms with Crippen molar-refractivity contribution in [2.24, 2.45) is 0 Å². The molecule has 2 N–H and O–H groups in total. The molecule has 0 aliphatic carbocycles. The summed E-state index contributed by atoms with van der Waals surface area (Å²) < 4.78 is 4.90. The summed E-state index contributed by atoms with van der Waals surface area (Å²) in [6.07, 6.45) is 1.04. The number of carbonyl (C=O) groups excluding carboxylic acids is 2. The van der Waals surface area contributed by atoms with Gasteiger partial charge < -0.3 is 15.4 Å². The third kappa shape index (κ3) is 6.01. The summed E-state index contributed by atoms with van der Waals surface area (Å²) in [7, 11) is 1.60. The summed E-state index contributed by atoms with van der Waals surface area (Å²) in [6, 6.07) is 17.1. The van der Waals surface area contributed by atoms with Gasteiger partial charge in [0.05, 0.1) is 18.9 Å². The van der Waals surface area contributed by atoms with E-state index in [0.29, 0.717) is 19.6 Å². The summed E-state index contributed by atoms with van der Waals surface area (Å²) in [5.41, 5.74) is 2.64. The predicted molar refractivity (Wildman–Crippen MR) is 103 cm³/mol. The lowest BCUT2D eigenvalue weighted by atomic mass is 9.95. The number of rotatable bonds is 9. The highest BCUT2D eigenvalue weighted by Gasteiger charge is 2.18. The van der Waals surface area contributed by atoms with Crippen LogP contribution in [-0.2, 0) is 20.7 Å². The Morgan fingerprint density at radius 3 is 2.35 bits per heavy atom. The van der Waals surface area contributed by atoms with Crippen molar-refractivity contribution < 1.29 is 14.3 Å². The van der Waals surface area contributed by atoms with E-state index in [9.17, 15) is 9.59 Å². The molecule has 0 aromatic heterocycles. The van der Waals surface area contributed by atoms with E-state index in [2.05, 4.69) is 10.6 Å². The van der Waals surface area contributed by atoms with Gasteiger partial charge in [-0.15, -0.1) is 0 Å². The summed E-state index contributed by atoms with van der Waals surface area (Å²) in [5.74, 6) is -0.250. The molecule has 0 bridgehead atoms. The van der Waals surface area contributed by atoms with E-state index in [-0.39, 0.29) is 17.7 Å². The predicted octanol–water partition coefficient (Wildman–Crippen LogP) is 3.12. The molecule has 5 nitrogen and oxygen atoms in total. The van der Waals surface area contributed by atoms with Crippen LogP contribution in [0.3, 0.4) is 0 Å². The molecule has 2 aromatic carbocycles. The number of anilines is 1. The Kier molecular flexibility index (Phi) is 7.83. The largest absolute Gasteiger partial charge is 0.383 e. The zero-order valence-electron chi connectivity index (χ0n) is 15.3. The van der Waals surface area contributed by atoms with Crippen molar-refractivity contribution in [3.63, 3.8) is 0 Å². The maximum Gasteiger partial charge on any atom is 0.231 e. The maximum absolute atomic E-state index is 12.6. The highest BCUT2D eigenvalue weighted by Crippen LogP contribution is 2.21. The molecule has 0 saturated heterocycles. The molecule has 0 heterocycles. The Bertz CT molecular complexity index is 699. The molecule has 1 unspecified atom stereocenters. The van der Waals surface area contributed by atoms with Gasteiger partial charge in [-0.1, -0.05) is 49.4 Å². The van der Waals surface area contributed by atoms with Crippen molar-refractivity contribution in [3.05, 3.63) is 65.7 Å². The van der Waals surface area contributed by atoms with Crippen LogP contribution < -0.4 is 10.6 Å². The van der Waals surface area contributed by atoms with Crippen molar-refractivity contribution in [2.45, 2.75) is 25.7 Å². The van der Waals surface area contributed by atoms with E-state index < -0.39 is 0 Å². The fraction of sp³-hybridized carbons (Fsp3) is 0.333. The van der Waals surface area contributed by atoms with Gasteiger partial charge in [-0.05, 0) is 29.7 Å². The molecule has 0 radical (unpaired) electrons. The molecule has 2 rings (SSSR count). The SMILES string of the molecule is CCC(C(=O)Nc1ccc(CC(=O)NCCOC)cc1)c1ccccc1. The molecule has 2 aromatic rings. The van der Waals surface area contributed by atoms with Gasteiger partial charge >= 0.3 is 0 Å². The standard InChI is InChI=1S/C21H26N2O3/c1-3-19(17-7-5-4-6-8-17)21(25)23-18-11-9-16(10-12-18)15-20(24)22-13-14-26-2/h4-12,19H,3,13-15H2,1-2H3,(H,22,24)(H,23,25). The smallest absolute Gasteiger partial charge is 0.231 e. The second-order valence-corrected chi connectivity index (χ2v) is 6.08. The van der Waals surface area contributed by atoms with Crippen LogP contribution >= 0.6 is 0 Å². The minimum atomic E-state index is -0.178. The van der Waals surface area contributed by atoms with Crippen molar-refractivity contribution in [1.82, 2.24) is 5.32 Å². The van der Waals surface area contributed by atoms with E-state index in [1.807, 2.05) is 61.5 Å². The first-order chi connectivity index (χ1) is 12.6. The van der Waals surface area contributed by atoms with Crippen molar-refractivity contribution >= 4 is 17.5 Å². The van der Waals surface area contributed by atoms with Crippen LogP contribution in [0.1, 0.15) is 30.4 Å². The van der Waals surface area contributed by atoms with Crippen LogP contribution in [-0.4, -0.2) is 32.1 Å². The third-order valence-corrected chi connectivity index (χ3v) is 4.14. The lowest BCUT2D eigenvalue weighted by Gasteiger charge is -2.15. The van der Waals surface area contributed by atoms with Crippen molar-refractivity contribution in [2.75, 3.05) is 25.6 Å². The Balaban J connectivity index is 1.91. The zero-order valence-corrected chi connectivity index (χ0v) is 15.3. The molecule has 0 spiro atoms. The van der Waals surface area contributed by atoms with E-state index in [1.165, 1.54) is 0 Å². The Labute approximate surface area is 154 Å². The number of hydrogen-bond acceptors (Lipinski definition) is 3. The van der Waals surface area contributed by atoms with Crippen LogP contribution in [0.15, 0.2) is 54.6 Å². The lowest BCUT2D eigenvalue weighted by Crippen LogP contribution is -2.28. The first-order valence-corrected chi connectivity index (χ1v) is 8.84. The van der Waals surface area contributed by atoms with Gasteiger partial charge in [-0.3, -0.25) is 9.59 Å². The van der Waals surface area contributed by atoms with Crippen LogP contribution in [0.5, 0.6) is 0 Å². The second-order valence-electron chi connectivity index (χ2n) is 6.08. The highest BCUT2D eigenvalue weighted by molar-refractivity contribution is 5.95. The van der Waals surface area contributed by atoms with Crippen LogP contribution in [0.25, 0.3) is 0 Å². The number of carbonyl (C=O) groups is 2. The molecular weight excluding hydrogens is 328 g/mol. The molecule has 138 valence electrons. The Hall–Kier alpha value is -2.66. The third-order valence-electron chi connectivity index (χ3n) is 4.14. The zero-order chi connectivity index (χ0) is 18.8. The summed E-state index contributed by atoms with van der Waals surface area (Å²) >= 11 is 0. The molecular formula is C21H26N2O3. The number of amides is 2. The van der Waals surface area contributed by atoms with E-state index >= 15 is 0 Å². The molecule has 0 fully saturated rings. The first kappa shape index (κ1) is 19.7. The lowest BCUT2D eigenvalue weighted by molar-refractivity contribution is -0.120. The first-order valence-electron chi connectivity index (χ1n) is 8.84. The van der Waals surface area contributed by atoms with Gasteiger partial charge in [0.25, 0.3) is 0 Å². The van der Waals surface area contributed by atoms with E-state index in [1.54, 1.807) is 7.11 Å². The maximum atomic E-state index is 12.6. The molecule has 0 aliphatic heterocycles. The number of nitrogens with one attached hydrogen (secondary N) is 2. The van der Waals surface area contributed by atoms with E-state index in [0.717, 1.165) is 23.2 Å². The van der Waals surface area contributed by atoms with Gasteiger partial charge in [-0.2, -0.15) is 0 Å². The highest BCUT2D eigenvalue weighted by atomic mass is 16.5. The molecule has 0 aliphatic rings. The summed E-state index contributed by atoms with van der Waals surface area (Å²) in [6.45, 7) is 3.00. The minimum absolute atomic E-state index is 0.0243. The summed E-state index contributed by atoms with van der Waals surface area (Å²) in [5, 5.41) is 5.74. The monoisotopic (exact) mass is 354 g/mol. The van der Waals surface area contributed by atoms with Gasteiger partial charge in [0, 0.05) is 19.3 Å². The van der Waals surface area contributed by atoms with Crippen LogP contribution in [0, 0.1) is 0 Å². The number of methoxy groups -OCH3 is 1. The topological polar surface area (TPSA) is 67.4 Å². The molecule has 5 heteroatoms. The second kappa shape index (κ2) is 10.4. The van der Waals surface area contributed by atoms with E-state index in [4.69, 9.17) is 4.74 Å². The molecule has 26 heavy (non-hydrogen) atoms. The average molecular weight is 354 g/mol. The molecule has 0 saturated carbocycles. The Morgan fingerprint density at radius 1 is 1.04 bits per heavy atom. The fourth-order valence-electron chi connectivity index (χ4n) is 2.73. The molecule has 2 amide bonds. The fourth-order valence-corrected chi connectivity index (χ4v) is 2.73. The Morgan fingerprint density at radius 2 is 1.73 bits per heavy atom. The minimum Gasteiger partial charge on any atom is -0.383 e. The number of benzene rings is 2. The molecule has 1 atom stereocenters. The van der Waals surface area contributed by atoms with Crippen molar-refractivity contribution in [3.8, 4) is 0 Å².